The summed E-state index contributed by atoms with van der Waals surface area (Å²) in [5.74, 6) is 0.741. The Morgan fingerprint density at radius 3 is 2.70 bits per heavy atom. The van der Waals surface area contributed by atoms with Crippen LogP contribution < -0.4 is 5.32 Å². The van der Waals surface area contributed by atoms with Gasteiger partial charge >= 0.3 is 0 Å². The molecule has 0 radical (unpaired) electrons. The molecule has 0 aromatic heterocycles. The molecule has 3 heteroatoms. The third-order valence-corrected chi connectivity index (χ3v) is 4.73. The van der Waals surface area contributed by atoms with Crippen LogP contribution in [-0.4, -0.2) is 29.1 Å². The fourth-order valence-corrected chi connectivity index (χ4v) is 3.30. The van der Waals surface area contributed by atoms with E-state index < -0.39 is 0 Å². The van der Waals surface area contributed by atoms with E-state index in [1.165, 1.54) is 43.2 Å². The molecular weight excluding hydrogens is 264 g/mol. The van der Waals surface area contributed by atoms with Gasteiger partial charge in [-0.2, -0.15) is 0 Å². The van der Waals surface area contributed by atoms with E-state index in [4.69, 9.17) is 12.2 Å². The number of thiocarbonyl (C=S) groups is 1. The predicted octanol–water partition coefficient (Wildman–Crippen LogP) is 3.29. The lowest BCUT2D eigenvalue weighted by atomic mass is 9.91. The van der Waals surface area contributed by atoms with E-state index in [0.29, 0.717) is 6.04 Å². The summed E-state index contributed by atoms with van der Waals surface area (Å²) in [6.45, 7) is 4.39. The Hall–Kier alpha value is -1.09. The molecule has 1 saturated heterocycles. The Labute approximate surface area is 127 Å². The molecule has 1 heterocycles. The number of hydrogen-bond donors (Lipinski definition) is 1. The Balaban J connectivity index is 1.54. The molecule has 0 amide bonds. The molecule has 0 spiro atoms. The molecule has 2 fully saturated rings. The van der Waals surface area contributed by atoms with E-state index in [2.05, 4.69) is 41.4 Å². The molecular formula is C17H24N2S. The Morgan fingerprint density at radius 2 is 2.00 bits per heavy atom. The summed E-state index contributed by atoms with van der Waals surface area (Å²) >= 11 is 5.54. The minimum absolute atomic E-state index is 0.667. The Bertz CT molecular complexity index is 464. The maximum atomic E-state index is 5.54. The quantitative estimate of drug-likeness (QED) is 0.859. The number of nitrogens with zero attached hydrogens (tertiary/aromatic N) is 1. The van der Waals surface area contributed by atoms with Crippen molar-refractivity contribution in [1.29, 1.82) is 0 Å². The van der Waals surface area contributed by atoms with Crippen LogP contribution in [0.5, 0.6) is 0 Å². The third-order valence-electron chi connectivity index (χ3n) is 4.36. The van der Waals surface area contributed by atoms with Gasteiger partial charge in [0.05, 0.1) is 0 Å². The van der Waals surface area contributed by atoms with Gasteiger partial charge in [-0.05, 0) is 62.7 Å². The molecule has 1 aliphatic heterocycles. The molecule has 1 atom stereocenters. The van der Waals surface area contributed by atoms with Gasteiger partial charge in [-0.15, -0.1) is 0 Å². The van der Waals surface area contributed by atoms with Gasteiger partial charge in [-0.3, -0.25) is 0 Å². The van der Waals surface area contributed by atoms with Crippen LogP contribution in [0.3, 0.4) is 0 Å². The second kappa shape index (κ2) is 6.13. The highest BCUT2D eigenvalue weighted by molar-refractivity contribution is 7.80. The van der Waals surface area contributed by atoms with Crippen molar-refractivity contribution in [3.8, 4) is 0 Å². The molecule has 2 aliphatic rings. The smallest absolute Gasteiger partial charge is 0.169 e. The zero-order valence-corrected chi connectivity index (χ0v) is 13.1. The highest BCUT2D eigenvalue weighted by atomic mass is 32.1. The topological polar surface area (TPSA) is 15.3 Å². The van der Waals surface area contributed by atoms with Gasteiger partial charge in [0.15, 0.2) is 5.11 Å². The first-order chi connectivity index (χ1) is 9.70. The van der Waals surface area contributed by atoms with Crippen molar-refractivity contribution in [2.75, 3.05) is 13.1 Å². The number of rotatable bonds is 3. The molecule has 1 aromatic rings. The zero-order chi connectivity index (χ0) is 13.9. The van der Waals surface area contributed by atoms with Crippen molar-refractivity contribution in [3.05, 3.63) is 35.4 Å². The zero-order valence-electron chi connectivity index (χ0n) is 12.3. The monoisotopic (exact) mass is 288 g/mol. The predicted molar refractivity (Wildman–Crippen MR) is 87.9 cm³/mol. The van der Waals surface area contributed by atoms with Crippen molar-refractivity contribution in [1.82, 2.24) is 10.2 Å². The average Bonchev–Trinajstić information content (AvgIpc) is 3.26. The first-order valence-electron chi connectivity index (χ1n) is 7.82. The van der Waals surface area contributed by atoms with Gasteiger partial charge in [0.2, 0.25) is 0 Å². The lowest BCUT2D eigenvalue weighted by molar-refractivity contribution is 0.254. The number of hydrogen-bond acceptors (Lipinski definition) is 1. The van der Waals surface area contributed by atoms with Crippen LogP contribution in [0.4, 0.5) is 0 Å². The Kier molecular flexibility index (Phi) is 4.25. The second-order valence-electron chi connectivity index (χ2n) is 6.37. The molecule has 1 aromatic carbocycles. The fraction of sp³-hybridized carbons (Fsp3) is 0.588. The lowest BCUT2D eigenvalue weighted by Crippen LogP contribution is -2.46. The first-order valence-corrected chi connectivity index (χ1v) is 8.22. The molecule has 1 saturated carbocycles. The summed E-state index contributed by atoms with van der Waals surface area (Å²) in [6, 6.07) is 9.65. The van der Waals surface area contributed by atoms with Gasteiger partial charge in [-0.25, -0.2) is 0 Å². The summed E-state index contributed by atoms with van der Waals surface area (Å²) in [5, 5.41) is 4.46. The number of likely N-dealkylation sites (tertiary alicyclic amines) is 1. The average molecular weight is 288 g/mol. The summed E-state index contributed by atoms with van der Waals surface area (Å²) in [7, 11) is 0. The van der Waals surface area contributed by atoms with Crippen LogP contribution in [-0.2, 0) is 6.42 Å². The molecule has 3 rings (SSSR count). The number of piperidine rings is 1. The van der Waals surface area contributed by atoms with E-state index in [-0.39, 0.29) is 0 Å². The van der Waals surface area contributed by atoms with Gasteiger partial charge in [0, 0.05) is 19.1 Å². The van der Waals surface area contributed by atoms with Crippen molar-refractivity contribution in [3.63, 3.8) is 0 Å². The van der Waals surface area contributed by atoms with Crippen LogP contribution in [0, 0.1) is 12.8 Å². The van der Waals surface area contributed by atoms with E-state index >= 15 is 0 Å². The Morgan fingerprint density at radius 1 is 1.25 bits per heavy atom. The number of nitrogens with one attached hydrogen (secondary N) is 1. The van der Waals surface area contributed by atoms with Crippen LogP contribution in [0.2, 0.25) is 0 Å². The first kappa shape index (κ1) is 13.9. The van der Waals surface area contributed by atoms with Crippen molar-refractivity contribution in [2.24, 2.45) is 5.92 Å². The maximum absolute atomic E-state index is 5.54. The molecule has 20 heavy (non-hydrogen) atoms. The lowest BCUT2D eigenvalue weighted by Gasteiger charge is -2.34. The minimum atomic E-state index is 0.667. The van der Waals surface area contributed by atoms with Crippen LogP contribution in [0.1, 0.15) is 36.8 Å². The fourth-order valence-electron chi connectivity index (χ4n) is 2.97. The van der Waals surface area contributed by atoms with Crippen molar-refractivity contribution >= 4 is 17.3 Å². The SMILES string of the molecule is Cc1ccc(C[C@H]2CCCN(C(=S)NC3CC3)C2)cc1. The van der Waals surface area contributed by atoms with Crippen LogP contribution >= 0.6 is 12.2 Å². The highest BCUT2D eigenvalue weighted by Gasteiger charge is 2.26. The highest BCUT2D eigenvalue weighted by Crippen LogP contribution is 2.23. The summed E-state index contributed by atoms with van der Waals surface area (Å²) in [5.41, 5.74) is 2.80. The number of aryl methyl sites for hydroxylation is 1. The summed E-state index contributed by atoms with van der Waals surface area (Å²) in [6.07, 6.45) is 6.36. The maximum Gasteiger partial charge on any atom is 0.169 e. The molecule has 1 aliphatic carbocycles. The molecule has 2 nitrogen and oxygen atoms in total. The van der Waals surface area contributed by atoms with Crippen LogP contribution in [0.25, 0.3) is 0 Å². The van der Waals surface area contributed by atoms with E-state index in [9.17, 15) is 0 Å². The summed E-state index contributed by atoms with van der Waals surface area (Å²) < 4.78 is 0. The normalized spacial score (nSPS) is 22.6. The number of benzene rings is 1. The van der Waals surface area contributed by atoms with E-state index in [1.807, 2.05) is 0 Å². The molecule has 0 unspecified atom stereocenters. The minimum Gasteiger partial charge on any atom is -0.360 e. The van der Waals surface area contributed by atoms with E-state index in [0.717, 1.165) is 24.1 Å². The standard InChI is InChI=1S/C17H24N2S/c1-13-4-6-14(7-5-13)11-15-3-2-10-19(12-15)17(20)18-16-8-9-16/h4-7,15-16H,2-3,8-12H2,1H3,(H,18,20)/t15-/m1/s1. The third kappa shape index (κ3) is 3.72. The molecule has 1 N–H and O–H groups in total. The second-order valence-corrected chi connectivity index (χ2v) is 6.75. The van der Waals surface area contributed by atoms with Crippen LogP contribution in [0.15, 0.2) is 24.3 Å². The molecule has 108 valence electrons. The van der Waals surface area contributed by atoms with Crippen molar-refractivity contribution < 1.29 is 0 Å². The van der Waals surface area contributed by atoms with Gasteiger partial charge in [0.1, 0.15) is 0 Å². The summed E-state index contributed by atoms with van der Waals surface area (Å²) in [4.78, 5) is 2.38. The van der Waals surface area contributed by atoms with Gasteiger partial charge in [0.25, 0.3) is 0 Å². The van der Waals surface area contributed by atoms with Gasteiger partial charge < -0.3 is 10.2 Å². The van der Waals surface area contributed by atoms with Gasteiger partial charge in [-0.1, -0.05) is 29.8 Å². The molecule has 0 bridgehead atoms. The van der Waals surface area contributed by atoms with E-state index in [1.54, 1.807) is 0 Å². The van der Waals surface area contributed by atoms with Crippen molar-refractivity contribution in [2.45, 2.75) is 45.1 Å². The largest absolute Gasteiger partial charge is 0.360 e.